The number of anilines is 1. The van der Waals surface area contributed by atoms with Crippen molar-refractivity contribution in [3.8, 4) is 0 Å². The molecule has 0 aliphatic heterocycles. The molecule has 6 heteroatoms. The van der Waals surface area contributed by atoms with Crippen LogP contribution < -0.4 is 5.32 Å². The van der Waals surface area contributed by atoms with Crippen molar-refractivity contribution < 1.29 is 14.3 Å². The number of rotatable bonds is 5. The molecule has 1 atom stereocenters. The van der Waals surface area contributed by atoms with Crippen molar-refractivity contribution in [1.29, 1.82) is 0 Å². The first kappa shape index (κ1) is 16.8. The molecule has 0 saturated heterocycles. The lowest BCUT2D eigenvalue weighted by molar-refractivity contribution is 0.0527. The van der Waals surface area contributed by atoms with Crippen LogP contribution in [0.5, 0.6) is 0 Å². The van der Waals surface area contributed by atoms with Crippen molar-refractivity contribution in [1.82, 2.24) is 4.90 Å². The van der Waals surface area contributed by atoms with E-state index < -0.39 is 0 Å². The van der Waals surface area contributed by atoms with E-state index in [0.29, 0.717) is 23.1 Å². The predicted molar refractivity (Wildman–Crippen MR) is 88.7 cm³/mol. The molecular formula is C16H24N2O3S. The molecule has 2 rings (SSSR count). The van der Waals surface area contributed by atoms with Crippen LogP contribution in [0.25, 0.3) is 0 Å². The van der Waals surface area contributed by atoms with Gasteiger partial charge in [-0.05, 0) is 52.0 Å². The van der Waals surface area contributed by atoms with E-state index in [2.05, 4.69) is 12.2 Å². The molecule has 1 saturated carbocycles. The molecule has 1 unspecified atom stereocenters. The fourth-order valence-electron chi connectivity index (χ4n) is 2.43. The van der Waals surface area contributed by atoms with Gasteiger partial charge in [-0.1, -0.05) is 0 Å². The van der Waals surface area contributed by atoms with Crippen molar-refractivity contribution in [2.75, 3.05) is 19.0 Å². The number of nitrogens with one attached hydrogen (secondary N) is 1. The van der Waals surface area contributed by atoms with E-state index in [0.717, 1.165) is 10.4 Å². The Labute approximate surface area is 135 Å². The minimum absolute atomic E-state index is 0.175. The lowest BCUT2D eigenvalue weighted by Gasteiger charge is -2.25. The van der Waals surface area contributed by atoms with Gasteiger partial charge in [-0.2, -0.15) is 0 Å². The molecule has 1 aromatic rings. The first-order chi connectivity index (χ1) is 10.4. The monoisotopic (exact) mass is 324 g/mol. The molecule has 2 amide bonds. The second-order valence-corrected chi connectivity index (χ2v) is 7.05. The van der Waals surface area contributed by atoms with Crippen LogP contribution in [-0.4, -0.2) is 36.6 Å². The minimum Gasteiger partial charge on any atom is -0.462 e. The number of hydrogen-bond donors (Lipinski definition) is 1. The maximum absolute atomic E-state index is 12.4. The Kier molecular flexibility index (Phi) is 5.11. The zero-order valence-electron chi connectivity index (χ0n) is 13.9. The number of amides is 2. The Bertz CT molecular complexity index is 578. The van der Waals surface area contributed by atoms with Crippen LogP contribution in [-0.2, 0) is 4.74 Å². The molecule has 1 N–H and O–H groups in total. The van der Waals surface area contributed by atoms with E-state index in [4.69, 9.17) is 4.74 Å². The molecule has 1 heterocycles. The van der Waals surface area contributed by atoms with Gasteiger partial charge in [-0.15, -0.1) is 11.3 Å². The molecule has 1 fully saturated rings. The SMILES string of the molecule is CCOC(=O)c1c(NC(=O)N(C)C(C)C2CC2)sc(C)c1C. The first-order valence-corrected chi connectivity index (χ1v) is 8.49. The van der Waals surface area contributed by atoms with E-state index in [-0.39, 0.29) is 18.0 Å². The lowest BCUT2D eigenvalue weighted by Crippen LogP contribution is -2.39. The zero-order chi connectivity index (χ0) is 16.4. The van der Waals surface area contributed by atoms with E-state index in [1.807, 2.05) is 13.8 Å². The molecule has 0 bridgehead atoms. The summed E-state index contributed by atoms with van der Waals surface area (Å²) in [6.07, 6.45) is 2.37. The van der Waals surface area contributed by atoms with Gasteiger partial charge in [0.25, 0.3) is 0 Å². The van der Waals surface area contributed by atoms with Crippen LogP contribution in [0, 0.1) is 19.8 Å². The highest BCUT2D eigenvalue weighted by Crippen LogP contribution is 2.36. The van der Waals surface area contributed by atoms with Gasteiger partial charge in [0, 0.05) is 18.0 Å². The topological polar surface area (TPSA) is 58.6 Å². The number of thiophene rings is 1. The summed E-state index contributed by atoms with van der Waals surface area (Å²) in [6, 6.07) is 0.0411. The summed E-state index contributed by atoms with van der Waals surface area (Å²) >= 11 is 1.42. The molecule has 1 aliphatic rings. The van der Waals surface area contributed by atoms with Gasteiger partial charge in [0.05, 0.1) is 12.2 Å². The fourth-order valence-corrected chi connectivity index (χ4v) is 3.47. The Morgan fingerprint density at radius 1 is 1.41 bits per heavy atom. The summed E-state index contributed by atoms with van der Waals surface area (Å²) in [7, 11) is 1.80. The van der Waals surface area contributed by atoms with Crippen molar-refractivity contribution in [2.24, 2.45) is 5.92 Å². The zero-order valence-corrected chi connectivity index (χ0v) is 14.7. The van der Waals surface area contributed by atoms with Crippen molar-refractivity contribution in [3.05, 3.63) is 16.0 Å². The third kappa shape index (κ3) is 3.43. The van der Waals surface area contributed by atoms with E-state index >= 15 is 0 Å². The minimum atomic E-state index is -0.377. The molecular weight excluding hydrogens is 300 g/mol. The summed E-state index contributed by atoms with van der Waals surface area (Å²) in [5.74, 6) is 0.227. The summed E-state index contributed by atoms with van der Waals surface area (Å²) in [6.45, 7) is 7.97. The molecule has 0 radical (unpaired) electrons. The third-order valence-electron chi connectivity index (χ3n) is 4.32. The van der Waals surface area contributed by atoms with Crippen LogP contribution in [0.1, 0.15) is 47.5 Å². The summed E-state index contributed by atoms with van der Waals surface area (Å²) in [4.78, 5) is 27.3. The van der Waals surface area contributed by atoms with Gasteiger partial charge < -0.3 is 9.64 Å². The molecule has 1 aliphatic carbocycles. The van der Waals surface area contributed by atoms with Crippen LogP contribution in [0.4, 0.5) is 9.80 Å². The highest BCUT2D eigenvalue weighted by atomic mass is 32.1. The first-order valence-electron chi connectivity index (χ1n) is 7.67. The quantitative estimate of drug-likeness (QED) is 0.838. The standard InChI is InChI=1S/C16H24N2O3S/c1-6-21-15(19)13-9(2)11(4)22-14(13)17-16(20)18(5)10(3)12-7-8-12/h10,12H,6-8H2,1-5H3,(H,17,20). The number of hydrogen-bond acceptors (Lipinski definition) is 4. The average molecular weight is 324 g/mol. The average Bonchev–Trinajstić information content (AvgIpc) is 3.26. The molecule has 22 heavy (non-hydrogen) atoms. The van der Waals surface area contributed by atoms with Crippen molar-refractivity contribution >= 4 is 28.3 Å². The molecule has 5 nitrogen and oxygen atoms in total. The maximum Gasteiger partial charge on any atom is 0.341 e. The summed E-state index contributed by atoms with van der Waals surface area (Å²) in [5.41, 5.74) is 1.35. The molecule has 0 spiro atoms. The number of ether oxygens (including phenoxy) is 1. The summed E-state index contributed by atoms with van der Waals surface area (Å²) < 4.78 is 5.10. The highest BCUT2D eigenvalue weighted by molar-refractivity contribution is 7.16. The smallest absolute Gasteiger partial charge is 0.341 e. The van der Waals surface area contributed by atoms with E-state index in [9.17, 15) is 9.59 Å². The Balaban J connectivity index is 2.16. The van der Waals surface area contributed by atoms with Gasteiger partial charge in [-0.3, -0.25) is 5.32 Å². The molecule has 122 valence electrons. The van der Waals surface area contributed by atoms with Gasteiger partial charge in [0.15, 0.2) is 0 Å². The van der Waals surface area contributed by atoms with Crippen molar-refractivity contribution in [2.45, 2.75) is 46.6 Å². The lowest BCUT2D eigenvalue weighted by atomic mass is 10.1. The van der Waals surface area contributed by atoms with Crippen molar-refractivity contribution in [3.63, 3.8) is 0 Å². The van der Waals surface area contributed by atoms with Gasteiger partial charge in [-0.25, -0.2) is 9.59 Å². The number of esters is 1. The Hall–Kier alpha value is -1.56. The van der Waals surface area contributed by atoms with Gasteiger partial charge in [0.1, 0.15) is 5.00 Å². The molecule has 1 aromatic heterocycles. The predicted octanol–water partition coefficient (Wildman–Crippen LogP) is 3.80. The normalized spacial score (nSPS) is 15.3. The largest absolute Gasteiger partial charge is 0.462 e. The van der Waals surface area contributed by atoms with Crippen LogP contribution >= 0.6 is 11.3 Å². The number of aryl methyl sites for hydroxylation is 1. The Morgan fingerprint density at radius 3 is 2.59 bits per heavy atom. The molecule has 0 aromatic carbocycles. The number of carbonyl (C=O) groups is 2. The van der Waals surface area contributed by atoms with Gasteiger partial charge in [0.2, 0.25) is 0 Å². The number of urea groups is 1. The summed E-state index contributed by atoms with van der Waals surface area (Å²) in [5, 5.41) is 3.46. The third-order valence-corrected chi connectivity index (χ3v) is 5.44. The Morgan fingerprint density at radius 2 is 2.05 bits per heavy atom. The fraction of sp³-hybridized carbons (Fsp3) is 0.625. The second-order valence-electron chi connectivity index (χ2n) is 5.83. The maximum atomic E-state index is 12.4. The van der Waals surface area contributed by atoms with Gasteiger partial charge >= 0.3 is 12.0 Å². The van der Waals surface area contributed by atoms with Crippen LogP contribution in [0.15, 0.2) is 0 Å². The van der Waals surface area contributed by atoms with E-state index in [1.165, 1.54) is 24.2 Å². The van der Waals surface area contributed by atoms with Crippen LogP contribution in [0.3, 0.4) is 0 Å². The second kappa shape index (κ2) is 6.69. The number of carbonyl (C=O) groups excluding carboxylic acids is 2. The number of nitrogens with zero attached hydrogens (tertiary/aromatic N) is 1. The van der Waals surface area contributed by atoms with E-state index in [1.54, 1.807) is 18.9 Å². The van der Waals surface area contributed by atoms with Crippen LogP contribution in [0.2, 0.25) is 0 Å². The highest BCUT2D eigenvalue weighted by Gasteiger charge is 2.33.